The molecule has 3 rings (SSSR count). The molecule has 2 N–H and O–H groups in total. The average molecular weight is 301 g/mol. The molecule has 1 amide bonds. The molecule has 0 saturated heterocycles. The zero-order valence-electron chi connectivity index (χ0n) is 11.9. The molecule has 1 aliphatic rings. The first-order valence-electron chi connectivity index (χ1n) is 7.28. The normalized spacial score (nSPS) is 14.6. The molecule has 0 fully saturated rings. The Morgan fingerprint density at radius 1 is 1.24 bits per heavy atom. The van der Waals surface area contributed by atoms with Crippen LogP contribution in [0.3, 0.4) is 0 Å². The van der Waals surface area contributed by atoms with Gasteiger partial charge in [-0.2, -0.15) is 0 Å². The zero-order chi connectivity index (χ0) is 14.7. The number of nitrogens with zero attached hydrogens (tertiary/aromatic N) is 2. The monoisotopic (exact) mass is 301 g/mol. The Kier molecular flexibility index (Phi) is 4.31. The SMILES string of the molecule is NCCc1nc(C(=O)N2CCc3ccccc3CC2)cs1. The highest BCUT2D eigenvalue weighted by Gasteiger charge is 2.21. The van der Waals surface area contributed by atoms with Gasteiger partial charge in [-0.3, -0.25) is 4.79 Å². The molecule has 21 heavy (non-hydrogen) atoms. The molecule has 4 nitrogen and oxygen atoms in total. The molecule has 1 aliphatic heterocycles. The van der Waals surface area contributed by atoms with Gasteiger partial charge in [0.25, 0.3) is 5.91 Å². The summed E-state index contributed by atoms with van der Waals surface area (Å²) in [4.78, 5) is 18.9. The molecule has 0 unspecified atom stereocenters. The van der Waals surface area contributed by atoms with Crippen molar-refractivity contribution in [1.82, 2.24) is 9.88 Å². The largest absolute Gasteiger partial charge is 0.337 e. The Balaban J connectivity index is 1.71. The van der Waals surface area contributed by atoms with Crippen molar-refractivity contribution in [3.8, 4) is 0 Å². The van der Waals surface area contributed by atoms with Crippen LogP contribution in [0.5, 0.6) is 0 Å². The molecule has 2 aromatic rings. The lowest BCUT2D eigenvalue weighted by Crippen LogP contribution is -2.33. The maximum Gasteiger partial charge on any atom is 0.273 e. The Hall–Kier alpha value is -1.72. The van der Waals surface area contributed by atoms with Gasteiger partial charge in [-0.05, 0) is 30.5 Å². The van der Waals surface area contributed by atoms with Crippen molar-refractivity contribution < 1.29 is 4.79 Å². The van der Waals surface area contributed by atoms with E-state index in [9.17, 15) is 4.79 Å². The van der Waals surface area contributed by atoms with E-state index in [0.29, 0.717) is 12.2 Å². The molecule has 5 heteroatoms. The molecular weight excluding hydrogens is 282 g/mol. The molecule has 1 aromatic carbocycles. The van der Waals surface area contributed by atoms with Crippen molar-refractivity contribution in [2.24, 2.45) is 5.73 Å². The number of hydrogen-bond acceptors (Lipinski definition) is 4. The number of rotatable bonds is 3. The number of carbonyl (C=O) groups is 1. The number of carbonyl (C=O) groups excluding carboxylic acids is 1. The van der Waals surface area contributed by atoms with Gasteiger partial charge >= 0.3 is 0 Å². The van der Waals surface area contributed by atoms with Gasteiger partial charge in [-0.25, -0.2) is 4.98 Å². The van der Waals surface area contributed by atoms with Crippen LogP contribution in [0.4, 0.5) is 0 Å². The van der Waals surface area contributed by atoms with E-state index in [0.717, 1.165) is 37.4 Å². The summed E-state index contributed by atoms with van der Waals surface area (Å²) in [5.74, 6) is 0.0438. The van der Waals surface area contributed by atoms with Gasteiger partial charge in [0.05, 0.1) is 5.01 Å². The average Bonchev–Trinajstić information content (AvgIpc) is 2.86. The van der Waals surface area contributed by atoms with Gasteiger partial charge < -0.3 is 10.6 Å². The third-order valence-corrected chi connectivity index (χ3v) is 4.75. The quantitative estimate of drug-likeness (QED) is 0.942. The molecule has 0 radical (unpaired) electrons. The summed E-state index contributed by atoms with van der Waals surface area (Å²) >= 11 is 1.52. The first-order chi connectivity index (χ1) is 10.3. The Bertz CT molecular complexity index is 611. The fourth-order valence-electron chi connectivity index (χ4n) is 2.68. The lowest BCUT2D eigenvalue weighted by atomic mass is 10.0. The van der Waals surface area contributed by atoms with E-state index >= 15 is 0 Å². The highest BCUT2D eigenvalue weighted by atomic mass is 32.1. The summed E-state index contributed by atoms with van der Waals surface area (Å²) in [5.41, 5.74) is 8.81. The van der Waals surface area contributed by atoms with Crippen LogP contribution in [-0.4, -0.2) is 35.4 Å². The van der Waals surface area contributed by atoms with Gasteiger partial charge in [0.15, 0.2) is 0 Å². The van der Waals surface area contributed by atoms with E-state index in [2.05, 4.69) is 29.2 Å². The zero-order valence-corrected chi connectivity index (χ0v) is 12.7. The molecule has 0 bridgehead atoms. The second kappa shape index (κ2) is 6.37. The Morgan fingerprint density at radius 3 is 2.52 bits per heavy atom. The second-order valence-electron chi connectivity index (χ2n) is 5.23. The lowest BCUT2D eigenvalue weighted by Gasteiger charge is -2.18. The summed E-state index contributed by atoms with van der Waals surface area (Å²) in [6.07, 6.45) is 2.58. The summed E-state index contributed by atoms with van der Waals surface area (Å²) in [6, 6.07) is 8.45. The van der Waals surface area contributed by atoms with Crippen LogP contribution in [0.25, 0.3) is 0 Å². The van der Waals surface area contributed by atoms with Crippen LogP contribution in [0.15, 0.2) is 29.6 Å². The van der Waals surface area contributed by atoms with Gasteiger partial charge in [0, 0.05) is 24.9 Å². The number of aromatic nitrogens is 1. The molecule has 2 heterocycles. The molecule has 0 atom stereocenters. The van der Waals surface area contributed by atoms with E-state index < -0.39 is 0 Å². The van der Waals surface area contributed by atoms with Crippen molar-refractivity contribution in [2.45, 2.75) is 19.3 Å². The molecule has 110 valence electrons. The molecule has 0 saturated carbocycles. The molecule has 0 spiro atoms. The summed E-state index contributed by atoms with van der Waals surface area (Å²) in [7, 11) is 0. The van der Waals surface area contributed by atoms with Gasteiger partial charge in [0.2, 0.25) is 0 Å². The maximum absolute atomic E-state index is 12.6. The van der Waals surface area contributed by atoms with Crippen LogP contribution in [-0.2, 0) is 19.3 Å². The minimum Gasteiger partial charge on any atom is -0.337 e. The van der Waals surface area contributed by atoms with E-state index in [1.165, 1.54) is 22.5 Å². The van der Waals surface area contributed by atoms with Crippen LogP contribution >= 0.6 is 11.3 Å². The van der Waals surface area contributed by atoms with Crippen molar-refractivity contribution in [3.05, 3.63) is 51.5 Å². The minimum atomic E-state index is 0.0438. The lowest BCUT2D eigenvalue weighted by molar-refractivity contribution is 0.0758. The Morgan fingerprint density at radius 2 is 1.90 bits per heavy atom. The molecular formula is C16H19N3OS. The second-order valence-corrected chi connectivity index (χ2v) is 6.17. The van der Waals surface area contributed by atoms with E-state index in [4.69, 9.17) is 5.73 Å². The number of thiazole rings is 1. The number of hydrogen-bond donors (Lipinski definition) is 1. The predicted octanol–water partition coefficient (Wildman–Crippen LogP) is 1.89. The van der Waals surface area contributed by atoms with Crippen molar-refractivity contribution in [3.63, 3.8) is 0 Å². The van der Waals surface area contributed by atoms with Crippen molar-refractivity contribution >= 4 is 17.2 Å². The van der Waals surface area contributed by atoms with E-state index in [-0.39, 0.29) is 5.91 Å². The predicted molar refractivity (Wildman–Crippen MR) is 84.6 cm³/mol. The first-order valence-corrected chi connectivity index (χ1v) is 8.16. The van der Waals surface area contributed by atoms with Crippen molar-refractivity contribution in [2.75, 3.05) is 19.6 Å². The molecule has 0 aliphatic carbocycles. The molecule has 1 aromatic heterocycles. The summed E-state index contributed by atoms with van der Waals surface area (Å²) in [5, 5.41) is 2.80. The summed E-state index contributed by atoms with van der Waals surface area (Å²) < 4.78 is 0. The van der Waals surface area contributed by atoms with Gasteiger partial charge in [0.1, 0.15) is 5.69 Å². The number of amides is 1. The van der Waals surface area contributed by atoms with Gasteiger partial charge in [-0.15, -0.1) is 11.3 Å². The van der Waals surface area contributed by atoms with E-state index in [1.54, 1.807) is 0 Å². The van der Waals surface area contributed by atoms with Crippen molar-refractivity contribution in [1.29, 1.82) is 0 Å². The number of fused-ring (bicyclic) bond motifs is 1. The maximum atomic E-state index is 12.6. The third kappa shape index (κ3) is 3.14. The van der Waals surface area contributed by atoms with E-state index in [1.807, 2.05) is 10.3 Å². The van der Waals surface area contributed by atoms with Crippen LogP contribution < -0.4 is 5.73 Å². The van der Waals surface area contributed by atoms with Crippen LogP contribution in [0, 0.1) is 0 Å². The Labute approximate surface area is 128 Å². The fraction of sp³-hybridized carbons (Fsp3) is 0.375. The summed E-state index contributed by atoms with van der Waals surface area (Å²) in [6.45, 7) is 2.10. The van der Waals surface area contributed by atoms with Gasteiger partial charge in [-0.1, -0.05) is 24.3 Å². The minimum absolute atomic E-state index is 0.0438. The number of nitrogens with two attached hydrogens (primary N) is 1. The fourth-order valence-corrected chi connectivity index (χ4v) is 3.47. The topological polar surface area (TPSA) is 59.2 Å². The standard InChI is InChI=1S/C16H19N3OS/c17-8-5-15-18-14(11-21-15)16(20)19-9-6-12-3-1-2-4-13(12)7-10-19/h1-4,11H,5-10,17H2. The van der Waals surface area contributed by atoms with Crippen LogP contribution in [0.1, 0.15) is 26.6 Å². The number of benzene rings is 1. The first kappa shape index (κ1) is 14.2. The smallest absolute Gasteiger partial charge is 0.273 e. The van der Waals surface area contributed by atoms with Crippen LogP contribution in [0.2, 0.25) is 0 Å². The highest BCUT2D eigenvalue weighted by molar-refractivity contribution is 7.09. The highest BCUT2D eigenvalue weighted by Crippen LogP contribution is 2.18. The third-order valence-electron chi connectivity index (χ3n) is 3.84.